The first-order valence-electron chi connectivity index (χ1n) is 7.62. The largest absolute Gasteiger partial charge is 0.311 e. The van der Waals surface area contributed by atoms with Crippen molar-refractivity contribution in [1.29, 1.82) is 0 Å². The standard InChI is InChI=1S/C15H31N.ClH/c1-3-5-7-10-14-12-9-13-15(16-14)11-8-6-4-2;/h14-16H,3-13H2,1-2H3;1H. The smallest absolute Gasteiger partial charge is 0.00696 e. The average Bonchev–Trinajstić information content (AvgIpc) is 2.30. The van der Waals surface area contributed by atoms with Crippen LogP contribution in [0.1, 0.15) is 84.5 Å². The van der Waals surface area contributed by atoms with E-state index in [1.807, 2.05) is 0 Å². The van der Waals surface area contributed by atoms with Crippen LogP contribution in [0.15, 0.2) is 0 Å². The van der Waals surface area contributed by atoms with Crippen LogP contribution in [0.2, 0.25) is 0 Å². The number of halogens is 1. The van der Waals surface area contributed by atoms with Crippen molar-refractivity contribution in [2.45, 2.75) is 96.6 Å². The Morgan fingerprint density at radius 2 is 1.29 bits per heavy atom. The second-order valence-electron chi connectivity index (χ2n) is 5.48. The lowest BCUT2D eigenvalue weighted by atomic mass is 9.92. The first-order valence-corrected chi connectivity index (χ1v) is 7.62. The van der Waals surface area contributed by atoms with Gasteiger partial charge in [-0.3, -0.25) is 0 Å². The molecule has 0 aromatic heterocycles. The summed E-state index contributed by atoms with van der Waals surface area (Å²) in [4.78, 5) is 0. The quantitative estimate of drug-likeness (QED) is 0.601. The zero-order chi connectivity index (χ0) is 11.6. The Labute approximate surface area is 115 Å². The Morgan fingerprint density at radius 1 is 0.824 bits per heavy atom. The molecule has 1 saturated heterocycles. The Balaban J connectivity index is 0.00000256. The minimum absolute atomic E-state index is 0. The molecule has 1 N–H and O–H groups in total. The van der Waals surface area contributed by atoms with Crippen molar-refractivity contribution in [3.63, 3.8) is 0 Å². The summed E-state index contributed by atoms with van der Waals surface area (Å²) >= 11 is 0. The van der Waals surface area contributed by atoms with E-state index in [0.29, 0.717) is 0 Å². The van der Waals surface area contributed by atoms with Crippen molar-refractivity contribution in [1.82, 2.24) is 5.32 Å². The minimum atomic E-state index is 0. The van der Waals surface area contributed by atoms with Crippen LogP contribution in [0.3, 0.4) is 0 Å². The van der Waals surface area contributed by atoms with Gasteiger partial charge in [0, 0.05) is 12.1 Å². The van der Waals surface area contributed by atoms with Gasteiger partial charge in [-0.2, -0.15) is 0 Å². The lowest BCUT2D eigenvalue weighted by molar-refractivity contribution is 0.287. The predicted octanol–water partition coefficient (Wildman–Crippen LogP) is 5.08. The van der Waals surface area contributed by atoms with Crippen LogP contribution < -0.4 is 5.32 Å². The molecule has 1 aliphatic heterocycles. The first-order chi connectivity index (χ1) is 7.86. The summed E-state index contributed by atoms with van der Waals surface area (Å²) in [7, 11) is 0. The summed E-state index contributed by atoms with van der Waals surface area (Å²) in [6.07, 6.45) is 15.5. The zero-order valence-corrected chi connectivity index (χ0v) is 12.7. The monoisotopic (exact) mass is 261 g/mol. The van der Waals surface area contributed by atoms with Gasteiger partial charge in [0.25, 0.3) is 0 Å². The molecule has 0 aliphatic carbocycles. The van der Waals surface area contributed by atoms with Crippen molar-refractivity contribution in [2.24, 2.45) is 0 Å². The zero-order valence-electron chi connectivity index (χ0n) is 11.8. The molecule has 2 atom stereocenters. The number of unbranched alkanes of at least 4 members (excludes halogenated alkanes) is 4. The molecule has 0 aromatic rings. The molecule has 0 bridgehead atoms. The van der Waals surface area contributed by atoms with Crippen LogP contribution in [-0.2, 0) is 0 Å². The van der Waals surface area contributed by atoms with Crippen molar-refractivity contribution in [2.75, 3.05) is 0 Å². The van der Waals surface area contributed by atoms with Crippen LogP contribution in [0.25, 0.3) is 0 Å². The number of hydrogen-bond donors (Lipinski definition) is 1. The molecule has 17 heavy (non-hydrogen) atoms. The molecule has 1 fully saturated rings. The summed E-state index contributed by atoms with van der Waals surface area (Å²) in [6, 6.07) is 1.68. The van der Waals surface area contributed by atoms with E-state index in [1.165, 1.54) is 70.6 Å². The fraction of sp³-hybridized carbons (Fsp3) is 1.00. The molecule has 1 rings (SSSR count). The van der Waals surface area contributed by atoms with Gasteiger partial charge in [0.15, 0.2) is 0 Å². The first kappa shape index (κ1) is 17.2. The highest BCUT2D eigenvalue weighted by Gasteiger charge is 2.19. The third-order valence-corrected chi connectivity index (χ3v) is 3.89. The lowest BCUT2D eigenvalue weighted by Crippen LogP contribution is -2.42. The third-order valence-electron chi connectivity index (χ3n) is 3.89. The van der Waals surface area contributed by atoms with E-state index >= 15 is 0 Å². The molecular weight excluding hydrogens is 230 g/mol. The van der Waals surface area contributed by atoms with Gasteiger partial charge in [-0.25, -0.2) is 0 Å². The fourth-order valence-corrected chi connectivity index (χ4v) is 2.85. The Hall–Kier alpha value is 0.250. The second-order valence-corrected chi connectivity index (χ2v) is 5.48. The van der Waals surface area contributed by atoms with E-state index in [9.17, 15) is 0 Å². The highest BCUT2D eigenvalue weighted by molar-refractivity contribution is 5.85. The van der Waals surface area contributed by atoms with Crippen LogP contribution in [0.4, 0.5) is 0 Å². The summed E-state index contributed by atoms with van der Waals surface area (Å²) in [6.45, 7) is 4.59. The van der Waals surface area contributed by atoms with Crippen molar-refractivity contribution >= 4 is 12.4 Å². The molecule has 1 nitrogen and oxygen atoms in total. The van der Waals surface area contributed by atoms with Gasteiger partial charge >= 0.3 is 0 Å². The molecule has 0 aromatic carbocycles. The van der Waals surface area contributed by atoms with E-state index in [1.54, 1.807) is 0 Å². The van der Waals surface area contributed by atoms with E-state index < -0.39 is 0 Å². The topological polar surface area (TPSA) is 12.0 Å². The molecule has 0 saturated carbocycles. The summed E-state index contributed by atoms with van der Waals surface area (Å²) in [5.41, 5.74) is 0. The average molecular weight is 262 g/mol. The second kappa shape index (κ2) is 11.3. The SMILES string of the molecule is CCCCCC1CCCC(CCCCC)N1.Cl. The Morgan fingerprint density at radius 3 is 1.71 bits per heavy atom. The van der Waals surface area contributed by atoms with Crippen molar-refractivity contribution < 1.29 is 0 Å². The third kappa shape index (κ3) is 8.05. The van der Waals surface area contributed by atoms with Gasteiger partial charge in [0.05, 0.1) is 0 Å². The number of nitrogens with one attached hydrogen (secondary N) is 1. The maximum Gasteiger partial charge on any atom is 0.00696 e. The molecular formula is C15H32ClN. The maximum absolute atomic E-state index is 3.87. The summed E-state index contributed by atoms with van der Waals surface area (Å²) in [5, 5.41) is 3.87. The van der Waals surface area contributed by atoms with E-state index in [0.717, 1.165) is 12.1 Å². The van der Waals surface area contributed by atoms with Gasteiger partial charge in [-0.1, -0.05) is 58.8 Å². The van der Waals surface area contributed by atoms with Gasteiger partial charge in [-0.15, -0.1) is 12.4 Å². The number of rotatable bonds is 8. The van der Waals surface area contributed by atoms with Gasteiger partial charge in [0.1, 0.15) is 0 Å². The molecule has 1 heterocycles. The Bertz CT molecular complexity index is 145. The predicted molar refractivity (Wildman–Crippen MR) is 80.1 cm³/mol. The maximum atomic E-state index is 3.87. The highest BCUT2D eigenvalue weighted by Crippen LogP contribution is 2.20. The van der Waals surface area contributed by atoms with Gasteiger partial charge in [-0.05, 0) is 25.7 Å². The summed E-state index contributed by atoms with van der Waals surface area (Å²) in [5.74, 6) is 0. The summed E-state index contributed by atoms with van der Waals surface area (Å²) < 4.78 is 0. The van der Waals surface area contributed by atoms with Gasteiger partial charge in [0.2, 0.25) is 0 Å². The van der Waals surface area contributed by atoms with E-state index in [-0.39, 0.29) is 12.4 Å². The molecule has 2 unspecified atom stereocenters. The van der Waals surface area contributed by atoms with Crippen molar-refractivity contribution in [3.8, 4) is 0 Å². The molecule has 0 spiro atoms. The van der Waals surface area contributed by atoms with Crippen LogP contribution in [0, 0.1) is 0 Å². The van der Waals surface area contributed by atoms with Crippen molar-refractivity contribution in [3.05, 3.63) is 0 Å². The van der Waals surface area contributed by atoms with Crippen LogP contribution in [0.5, 0.6) is 0 Å². The van der Waals surface area contributed by atoms with E-state index in [4.69, 9.17) is 0 Å². The molecule has 2 heteroatoms. The number of piperidine rings is 1. The molecule has 0 amide bonds. The number of hydrogen-bond acceptors (Lipinski definition) is 1. The fourth-order valence-electron chi connectivity index (χ4n) is 2.85. The van der Waals surface area contributed by atoms with Crippen LogP contribution in [-0.4, -0.2) is 12.1 Å². The van der Waals surface area contributed by atoms with Crippen LogP contribution >= 0.6 is 12.4 Å². The van der Waals surface area contributed by atoms with E-state index in [2.05, 4.69) is 19.2 Å². The highest BCUT2D eigenvalue weighted by atomic mass is 35.5. The minimum Gasteiger partial charge on any atom is -0.311 e. The Kier molecular flexibility index (Phi) is 11.5. The molecule has 1 aliphatic rings. The molecule has 0 radical (unpaired) electrons. The lowest BCUT2D eigenvalue weighted by Gasteiger charge is -2.31. The molecule has 104 valence electrons. The normalized spacial score (nSPS) is 24.4. The van der Waals surface area contributed by atoms with Gasteiger partial charge < -0.3 is 5.32 Å².